The van der Waals surface area contributed by atoms with Crippen molar-refractivity contribution in [2.75, 3.05) is 0 Å². The number of hydrogen-bond donors (Lipinski definition) is 1. The molecule has 0 nitrogen and oxygen atoms in total. The molecule has 21 heavy (non-hydrogen) atoms. The molecule has 3 unspecified atom stereocenters. The monoisotopic (exact) mass is 302 g/mol. The van der Waals surface area contributed by atoms with Gasteiger partial charge in [0.25, 0.3) is 0 Å². The lowest BCUT2D eigenvalue weighted by Crippen LogP contribution is -2.63. The van der Waals surface area contributed by atoms with Crippen LogP contribution in [0.1, 0.15) is 70.6 Å². The molecule has 8 aliphatic rings. The summed E-state index contributed by atoms with van der Waals surface area (Å²) in [6, 6.07) is 0. The van der Waals surface area contributed by atoms with Crippen molar-refractivity contribution in [2.45, 2.75) is 75.4 Å². The van der Waals surface area contributed by atoms with Gasteiger partial charge in [0.15, 0.2) is 0 Å². The summed E-state index contributed by atoms with van der Waals surface area (Å²) in [6.45, 7) is 0. The highest BCUT2D eigenvalue weighted by molar-refractivity contribution is 7.81. The quantitative estimate of drug-likeness (QED) is 0.622. The molecule has 0 radical (unpaired) electrons. The highest BCUT2D eigenvalue weighted by atomic mass is 32.1. The van der Waals surface area contributed by atoms with Crippen LogP contribution in [0.15, 0.2) is 0 Å². The maximum atomic E-state index is 5.46. The minimum Gasteiger partial charge on any atom is -0.172 e. The van der Waals surface area contributed by atoms with Crippen LogP contribution in [0.2, 0.25) is 0 Å². The molecule has 0 heterocycles. The van der Waals surface area contributed by atoms with Crippen LogP contribution >= 0.6 is 12.6 Å². The lowest BCUT2D eigenvalue weighted by molar-refractivity contribution is -0.155. The zero-order valence-corrected chi connectivity index (χ0v) is 14.2. The molecule has 0 amide bonds. The summed E-state index contributed by atoms with van der Waals surface area (Å²) in [5.41, 5.74) is 0.758. The molecule has 0 aromatic rings. The van der Waals surface area contributed by atoms with Crippen LogP contribution in [-0.4, -0.2) is 4.75 Å². The van der Waals surface area contributed by atoms with Gasteiger partial charge >= 0.3 is 0 Å². The van der Waals surface area contributed by atoms with Gasteiger partial charge in [-0.15, -0.1) is 0 Å². The Morgan fingerprint density at radius 2 is 1.00 bits per heavy atom. The predicted octanol–water partition coefficient (Wildman–Crippen LogP) is 5.33. The highest BCUT2D eigenvalue weighted by Crippen LogP contribution is 2.72. The Kier molecular flexibility index (Phi) is 2.35. The van der Waals surface area contributed by atoms with Crippen molar-refractivity contribution in [3.63, 3.8) is 0 Å². The summed E-state index contributed by atoms with van der Waals surface area (Å²) in [6.07, 6.45) is 17.3. The van der Waals surface area contributed by atoms with Crippen LogP contribution in [0, 0.1) is 46.8 Å². The van der Waals surface area contributed by atoms with Gasteiger partial charge in [-0.2, -0.15) is 12.6 Å². The first-order chi connectivity index (χ1) is 10.1. The smallest absolute Gasteiger partial charge is 0.0171 e. The van der Waals surface area contributed by atoms with Gasteiger partial charge in [-0.25, -0.2) is 0 Å². The Balaban J connectivity index is 1.42. The summed E-state index contributed by atoms with van der Waals surface area (Å²) in [5.74, 6) is 7.55. The van der Waals surface area contributed by atoms with E-state index in [1.165, 1.54) is 12.8 Å². The maximum Gasteiger partial charge on any atom is 0.0171 e. The van der Waals surface area contributed by atoms with Crippen LogP contribution in [0.5, 0.6) is 0 Å². The Hall–Kier alpha value is 0.350. The molecule has 0 saturated heterocycles. The van der Waals surface area contributed by atoms with Crippen molar-refractivity contribution in [1.82, 2.24) is 0 Å². The Morgan fingerprint density at radius 1 is 0.571 bits per heavy atom. The van der Waals surface area contributed by atoms with Gasteiger partial charge in [0.05, 0.1) is 0 Å². The van der Waals surface area contributed by atoms with Gasteiger partial charge in [0.2, 0.25) is 0 Å². The van der Waals surface area contributed by atoms with E-state index in [4.69, 9.17) is 12.6 Å². The minimum absolute atomic E-state index is 0.459. The van der Waals surface area contributed by atoms with E-state index < -0.39 is 0 Å². The van der Waals surface area contributed by atoms with E-state index in [1.807, 2.05) is 0 Å². The summed E-state index contributed by atoms with van der Waals surface area (Å²) >= 11 is 5.46. The SMILES string of the molecule is SC12CC3CC(CC(C3)C1C13CC4CC(CC(C4)C1)C3)C2. The molecule has 0 spiro atoms. The second-order valence-corrected chi connectivity index (χ2v) is 11.4. The first kappa shape index (κ1) is 12.7. The van der Waals surface area contributed by atoms with Gasteiger partial charge in [0.1, 0.15) is 0 Å². The van der Waals surface area contributed by atoms with E-state index in [1.54, 1.807) is 57.8 Å². The normalized spacial score (nSPS) is 67.0. The first-order valence-electron chi connectivity index (χ1n) is 9.84. The second-order valence-electron chi connectivity index (χ2n) is 10.5. The zero-order chi connectivity index (χ0) is 13.8. The average Bonchev–Trinajstić information content (AvgIpc) is 2.33. The molecule has 1 heteroatoms. The van der Waals surface area contributed by atoms with Crippen molar-refractivity contribution >= 4 is 12.6 Å². The molecule has 8 bridgehead atoms. The number of hydrogen-bond acceptors (Lipinski definition) is 1. The zero-order valence-electron chi connectivity index (χ0n) is 13.3. The van der Waals surface area contributed by atoms with Crippen LogP contribution in [0.3, 0.4) is 0 Å². The molecular formula is C20H30S. The molecule has 0 N–H and O–H groups in total. The highest BCUT2D eigenvalue weighted by Gasteiger charge is 2.64. The largest absolute Gasteiger partial charge is 0.172 e. The molecule has 116 valence electrons. The minimum atomic E-state index is 0.459. The van der Waals surface area contributed by atoms with E-state index in [2.05, 4.69) is 0 Å². The van der Waals surface area contributed by atoms with Crippen molar-refractivity contribution in [1.29, 1.82) is 0 Å². The molecule has 8 saturated carbocycles. The Morgan fingerprint density at radius 3 is 1.43 bits per heavy atom. The van der Waals surface area contributed by atoms with Gasteiger partial charge < -0.3 is 0 Å². The average molecular weight is 303 g/mol. The summed E-state index contributed by atoms with van der Waals surface area (Å²) in [4.78, 5) is 0. The Bertz CT molecular complexity index is 431. The van der Waals surface area contributed by atoms with Crippen LogP contribution in [0.4, 0.5) is 0 Å². The molecular weight excluding hydrogens is 272 g/mol. The van der Waals surface area contributed by atoms with Crippen LogP contribution in [0.25, 0.3) is 0 Å². The van der Waals surface area contributed by atoms with Crippen molar-refractivity contribution in [2.24, 2.45) is 46.8 Å². The molecule has 3 atom stereocenters. The van der Waals surface area contributed by atoms with Crippen molar-refractivity contribution in [3.05, 3.63) is 0 Å². The van der Waals surface area contributed by atoms with Crippen LogP contribution < -0.4 is 0 Å². The summed E-state index contributed by atoms with van der Waals surface area (Å²) in [5, 5.41) is 0. The van der Waals surface area contributed by atoms with E-state index in [9.17, 15) is 0 Å². The molecule has 8 aliphatic carbocycles. The van der Waals surface area contributed by atoms with Gasteiger partial charge in [-0.1, -0.05) is 0 Å². The fourth-order valence-electron chi connectivity index (χ4n) is 9.63. The molecule has 0 aliphatic heterocycles. The van der Waals surface area contributed by atoms with E-state index in [0.29, 0.717) is 4.75 Å². The summed E-state index contributed by atoms with van der Waals surface area (Å²) in [7, 11) is 0. The Labute approximate surface area is 135 Å². The van der Waals surface area contributed by atoms with Crippen molar-refractivity contribution < 1.29 is 0 Å². The lowest BCUT2D eigenvalue weighted by Gasteiger charge is -2.69. The molecule has 0 aromatic heterocycles. The third kappa shape index (κ3) is 1.60. The fraction of sp³-hybridized carbons (Fsp3) is 1.00. The lowest BCUT2D eigenvalue weighted by atomic mass is 9.38. The van der Waals surface area contributed by atoms with Crippen molar-refractivity contribution in [3.8, 4) is 0 Å². The van der Waals surface area contributed by atoms with Crippen LogP contribution in [-0.2, 0) is 0 Å². The third-order valence-corrected chi connectivity index (χ3v) is 9.66. The first-order valence-corrected chi connectivity index (χ1v) is 10.3. The molecule has 8 fully saturated rings. The maximum absolute atomic E-state index is 5.46. The third-order valence-electron chi connectivity index (χ3n) is 9.02. The topological polar surface area (TPSA) is 0 Å². The van der Waals surface area contributed by atoms with E-state index in [-0.39, 0.29) is 0 Å². The molecule has 8 rings (SSSR count). The summed E-state index contributed by atoms with van der Waals surface area (Å²) < 4.78 is 0.459. The van der Waals surface area contributed by atoms with Gasteiger partial charge in [-0.05, 0) is 117 Å². The van der Waals surface area contributed by atoms with Gasteiger partial charge in [0, 0.05) is 4.75 Å². The number of thiol groups is 1. The standard InChI is InChI=1S/C20H30S/c21-20-10-15-4-16(11-20)6-17(5-15)18(20)19-7-12-1-13(8-19)3-14(2-12)9-19/h12-18,21H,1-11H2. The molecule has 0 aromatic carbocycles. The fourth-order valence-corrected chi connectivity index (χ4v) is 10.6. The van der Waals surface area contributed by atoms with E-state index >= 15 is 0 Å². The second kappa shape index (κ2) is 3.87. The van der Waals surface area contributed by atoms with Gasteiger partial charge in [-0.3, -0.25) is 0 Å². The number of rotatable bonds is 1. The van der Waals surface area contributed by atoms with E-state index in [0.717, 1.165) is 46.8 Å². The predicted molar refractivity (Wildman–Crippen MR) is 89.4 cm³/mol.